The fourth-order valence-electron chi connectivity index (χ4n) is 2.47. The topological polar surface area (TPSA) is 24.9 Å². The molecule has 0 aliphatic rings. The number of hydrogen-bond donors (Lipinski definition) is 1. The van der Waals surface area contributed by atoms with Crippen LogP contribution < -0.4 is 5.32 Å². The second-order valence-electron chi connectivity index (χ2n) is 5.37. The Morgan fingerprint density at radius 2 is 1.95 bits per heavy atom. The van der Waals surface area contributed by atoms with Crippen molar-refractivity contribution in [3.63, 3.8) is 0 Å². The zero-order chi connectivity index (χ0) is 14.4. The van der Waals surface area contributed by atoms with Crippen LogP contribution in [0.1, 0.15) is 41.8 Å². The molecule has 2 aromatic rings. The molecule has 0 saturated heterocycles. The number of nitrogens with one attached hydrogen (secondary N) is 1. The fraction of sp³-hybridized carbons (Fsp3) is 0.389. The smallest absolute Gasteiger partial charge is 0.0375 e. The molecule has 106 valence electrons. The van der Waals surface area contributed by atoms with E-state index >= 15 is 0 Å². The number of hydrogen-bond acceptors (Lipinski definition) is 2. The molecule has 1 aromatic carbocycles. The van der Waals surface area contributed by atoms with Crippen LogP contribution in [0.25, 0.3) is 0 Å². The van der Waals surface area contributed by atoms with Gasteiger partial charge in [-0.1, -0.05) is 31.2 Å². The van der Waals surface area contributed by atoms with Gasteiger partial charge in [0, 0.05) is 17.9 Å². The number of benzene rings is 1. The van der Waals surface area contributed by atoms with E-state index in [1.807, 2.05) is 13.1 Å². The molecular formula is C18H24N2. The first-order chi connectivity index (χ1) is 9.70. The van der Waals surface area contributed by atoms with Crippen molar-refractivity contribution < 1.29 is 0 Å². The Bertz CT molecular complexity index is 549. The normalized spacial score (nSPS) is 12.3. The van der Waals surface area contributed by atoms with Gasteiger partial charge in [0.2, 0.25) is 0 Å². The molecule has 2 heteroatoms. The van der Waals surface area contributed by atoms with Crippen molar-refractivity contribution in [2.45, 2.75) is 39.7 Å². The molecule has 1 unspecified atom stereocenters. The monoisotopic (exact) mass is 268 g/mol. The molecule has 1 atom stereocenters. The van der Waals surface area contributed by atoms with Crippen LogP contribution in [0.5, 0.6) is 0 Å². The molecule has 0 spiro atoms. The Balaban J connectivity index is 2.21. The Labute approximate surface area is 122 Å². The molecule has 2 nitrogen and oxygen atoms in total. The van der Waals surface area contributed by atoms with E-state index in [1.54, 1.807) is 0 Å². The highest BCUT2D eigenvalue weighted by atomic mass is 14.9. The van der Waals surface area contributed by atoms with Crippen LogP contribution in [0.4, 0.5) is 0 Å². The third-order valence-corrected chi connectivity index (χ3v) is 3.65. The van der Waals surface area contributed by atoms with E-state index in [-0.39, 0.29) is 0 Å². The van der Waals surface area contributed by atoms with Crippen LogP contribution in [0.2, 0.25) is 0 Å². The molecule has 0 saturated carbocycles. The number of aryl methyl sites for hydroxylation is 2. The van der Waals surface area contributed by atoms with E-state index < -0.39 is 0 Å². The molecular weight excluding hydrogens is 244 g/mol. The van der Waals surface area contributed by atoms with Gasteiger partial charge in [0.05, 0.1) is 0 Å². The van der Waals surface area contributed by atoms with Gasteiger partial charge in [0.25, 0.3) is 0 Å². The van der Waals surface area contributed by atoms with Gasteiger partial charge in [-0.3, -0.25) is 4.98 Å². The van der Waals surface area contributed by atoms with Crippen molar-refractivity contribution in [3.8, 4) is 0 Å². The quantitative estimate of drug-likeness (QED) is 0.857. The number of rotatable bonds is 6. The SMILES string of the molecule is CCCNC(Cc1ccccc1C)c1ccnc(C)c1. The second-order valence-corrected chi connectivity index (χ2v) is 5.37. The van der Waals surface area contributed by atoms with Gasteiger partial charge in [-0.15, -0.1) is 0 Å². The highest BCUT2D eigenvalue weighted by molar-refractivity contribution is 5.29. The van der Waals surface area contributed by atoms with Crippen molar-refractivity contribution in [2.24, 2.45) is 0 Å². The van der Waals surface area contributed by atoms with Gasteiger partial charge >= 0.3 is 0 Å². The van der Waals surface area contributed by atoms with E-state index in [4.69, 9.17) is 0 Å². The summed E-state index contributed by atoms with van der Waals surface area (Å²) in [6.45, 7) is 7.48. The average molecular weight is 268 g/mol. The molecule has 1 N–H and O–H groups in total. The van der Waals surface area contributed by atoms with E-state index in [0.717, 1.165) is 25.1 Å². The van der Waals surface area contributed by atoms with E-state index in [1.165, 1.54) is 16.7 Å². The third kappa shape index (κ3) is 3.91. The van der Waals surface area contributed by atoms with Gasteiger partial charge in [0.15, 0.2) is 0 Å². The van der Waals surface area contributed by atoms with Crippen molar-refractivity contribution in [1.82, 2.24) is 10.3 Å². The van der Waals surface area contributed by atoms with Crippen LogP contribution in [0.3, 0.4) is 0 Å². The number of aromatic nitrogens is 1. The molecule has 0 fully saturated rings. The maximum atomic E-state index is 4.30. The third-order valence-electron chi connectivity index (χ3n) is 3.65. The lowest BCUT2D eigenvalue weighted by molar-refractivity contribution is 0.527. The van der Waals surface area contributed by atoms with Gasteiger partial charge in [-0.05, 0) is 62.1 Å². The summed E-state index contributed by atoms with van der Waals surface area (Å²) in [5.41, 5.74) is 5.18. The zero-order valence-electron chi connectivity index (χ0n) is 12.7. The molecule has 1 aromatic heterocycles. The van der Waals surface area contributed by atoms with Crippen molar-refractivity contribution in [3.05, 3.63) is 65.0 Å². The summed E-state index contributed by atoms with van der Waals surface area (Å²) in [6.07, 6.45) is 4.08. The van der Waals surface area contributed by atoms with Gasteiger partial charge in [-0.2, -0.15) is 0 Å². The summed E-state index contributed by atoms with van der Waals surface area (Å²) in [6, 6.07) is 13.3. The van der Waals surface area contributed by atoms with E-state index in [0.29, 0.717) is 6.04 Å². The van der Waals surface area contributed by atoms with Gasteiger partial charge in [-0.25, -0.2) is 0 Å². The maximum absolute atomic E-state index is 4.30. The van der Waals surface area contributed by atoms with Gasteiger partial charge < -0.3 is 5.32 Å². The van der Waals surface area contributed by atoms with Gasteiger partial charge in [0.1, 0.15) is 0 Å². The summed E-state index contributed by atoms with van der Waals surface area (Å²) >= 11 is 0. The summed E-state index contributed by atoms with van der Waals surface area (Å²) in [7, 11) is 0. The maximum Gasteiger partial charge on any atom is 0.0375 e. The molecule has 0 radical (unpaired) electrons. The Morgan fingerprint density at radius 1 is 1.15 bits per heavy atom. The fourth-order valence-corrected chi connectivity index (χ4v) is 2.47. The van der Waals surface area contributed by atoms with Crippen LogP contribution in [0, 0.1) is 13.8 Å². The molecule has 2 rings (SSSR count). The summed E-state index contributed by atoms with van der Waals surface area (Å²) in [5, 5.41) is 3.66. The summed E-state index contributed by atoms with van der Waals surface area (Å²) in [5.74, 6) is 0. The van der Waals surface area contributed by atoms with E-state index in [9.17, 15) is 0 Å². The first-order valence-electron chi connectivity index (χ1n) is 7.41. The number of pyridine rings is 1. The molecule has 0 amide bonds. The minimum absolute atomic E-state index is 0.359. The van der Waals surface area contributed by atoms with Crippen LogP contribution in [-0.4, -0.2) is 11.5 Å². The van der Waals surface area contributed by atoms with E-state index in [2.05, 4.69) is 60.5 Å². The standard InChI is InChI=1S/C18H24N2/c1-4-10-20-18(17-9-11-19-15(3)12-17)13-16-8-6-5-7-14(16)2/h5-9,11-12,18,20H,4,10,13H2,1-3H3. The Kier molecular flexibility index (Phi) is 5.31. The first-order valence-corrected chi connectivity index (χ1v) is 7.41. The lowest BCUT2D eigenvalue weighted by Gasteiger charge is -2.20. The number of nitrogens with zero attached hydrogens (tertiary/aromatic N) is 1. The van der Waals surface area contributed by atoms with Crippen LogP contribution >= 0.6 is 0 Å². The lowest BCUT2D eigenvalue weighted by atomic mass is 9.96. The van der Waals surface area contributed by atoms with Crippen molar-refractivity contribution in [1.29, 1.82) is 0 Å². The van der Waals surface area contributed by atoms with Crippen molar-refractivity contribution >= 4 is 0 Å². The minimum atomic E-state index is 0.359. The predicted molar refractivity (Wildman–Crippen MR) is 84.9 cm³/mol. The molecule has 20 heavy (non-hydrogen) atoms. The van der Waals surface area contributed by atoms with Crippen molar-refractivity contribution in [2.75, 3.05) is 6.54 Å². The molecule has 0 bridgehead atoms. The molecule has 0 aliphatic heterocycles. The predicted octanol–water partition coefficient (Wildman–Crippen LogP) is 3.98. The molecule has 1 heterocycles. The first kappa shape index (κ1) is 14.7. The highest BCUT2D eigenvalue weighted by Crippen LogP contribution is 2.20. The van der Waals surface area contributed by atoms with Crippen LogP contribution in [0.15, 0.2) is 42.6 Å². The Hall–Kier alpha value is -1.67. The Morgan fingerprint density at radius 3 is 2.65 bits per heavy atom. The highest BCUT2D eigenvalue weighted by Gasteiger charge is 2.13. The van der Waals surface area contributed by atoms with Crippen LogP contribution in [-0.2, 0) is 6.42 Å². The largest absolute Gasteiger partial charge is 0.310 e. The summed E-state index contributed by atoms with van der Waals surface area (Å²) < 4.78 is 0. The minimum Gasteiger partial charge on any atom is -0.310 e. The summed E-state index contributed by atoms with van der Waals surface area (Å²) in [4.78, 5) is 4.30. The lowest BCUT2D eigenvalue weighted by Crippen LogP contribution is -2.24. The zero-order valence-corrected chi connectivity index (χ0v) is 12.7. The molecule has 0 aliphatic carbocycles. The second kappa shape index (κ2) is 7.20. The average Bonchev–Trinajstić information content (AvgIpc) is 2.45.